The van der Waals surface area contributed by atoms with E-state index in [2.05, 4.69) is 16.9 Å². The summed E-state index contributed by atoms with van der Waals surface area (Å²) in [6, 6.07) is 1.68. The van der Waals surface area contributed by atoms with Crippen LogP contribution in [0.4, 0.5) is 11.8 Å². The van der Waals surface area contributed by atoms with E-state index in [1.807, 2.05) is 4.90 Å². The van der Waals surface area contributed by atoms with Crippen molar-refractivity contribution in [1.82, 2.24) is 9.97 Å². The number of carbonyl (C=O) groups is 1. The van der Waals surface area contributed by atoms with Crippen molar-refractivity contribution in [3.05, 3.63) is 6.07 Å². The predicted octanol–water partition coefficient (Wildman–Crippen LogP) is 1.00. The highest BCUT2D eigenvalue weighted by atomic mass is 16.5. The van der Waals surface area contributed by atoms with Crippen LogP contribution in [0, 0.1) is 11.8 Å². The molecular formula is C13H20N4O3. The van der Waals surface area contributed by atoms with Gasteiger partial charge in [0.15, 0.2) is 0 Å². The van der Waals surface area contributed by atoms with Gasteiger partial charge in [-0.25, -0.2) is 0 Å². The maximum atomic E-state index is 11.3. The van der Waals surface area contributed by atoms with E-state index in [1.54, 1.807) is 6.07 Å². The van der Waals surface area contributed by atoms with Gasteiger partial charge in [-0.15, -0.1) is 0 Å². The Morgan fingerprint density at radius 1 is 1.55 bits per heavy atom. The Balaban J connectivity index is 2.21. The second-order valence-electron chi connectivity index (χ2n) is 5.03. The van der Waals surface area contributed by atoms with E-state index in [4.69, 9.17) is 10.5 Å². The number of carboxylic acid groups (broad SMARTS) is 1. The minimum Gasteiger partial charge on any atom is -0.481 e. The molecule has 0 radical (unpaired) electrons. The van der Waals surface area contributed by atoms with Gasteiger partial charge in [-0.3, -0.25) is 4.79 Å². The number of hydrogen-bond donors (Lipinski definition) is 2. The summed E-state index contributed by atoms with van der Waals surface area (Å²) in [5.41, 5.74) is 5.65. The summed E-state index contributed by atoms with van der Waals surface area (Å²) in [5.74, 6) is 0.166. The lowest BCUT2D eigenvalue weighted by Crippen LogP contribution is -2.24. The van der Waals surface area contributed by atoms with Gasteiger partial charge in [0.2, 0.25) is 11.8 Å². The smallest absolute Gasteiger partial charge is 0.308 e. The molecule has 20 heavy (non-hydrogen) atoms. The van der Waals surface area contributed by atoms with Crippen molar-refractivity contribution in [1.29, 1.82) is 0 Å². The molecule has 7 nitrogen and oxygen atoms in total. The fourth-order valence-corrected chi connectivity index (χ4v) is 2.70. The summed E-state index contributed by atoms with van der Waals surface area (Å²) in [4.78, 5) is 21.4. The number of nitrogens with two attached hydrogens (primary N) is 1. The molecule has 2 rings (SSSR count). The van der Waals surface area contributed by atoms with Gasteiger partial charge in [0.25, 0.3) is 0 Å². The predicted molar refractivity (Wildman–Crippen MR) is 74.7 cm³/mol. The van der Waals surface area contributed by atoms with Crippen LogP contribution < -0.4 is 15.4 Å². The van der Waals surface area contributed by atoms with Gasteiger partial charge in [0.05, 0.1) is 13.0 Å². The van der Waals surface area contributed by atoms with Gasteiger partial charge in [-0.2, -0.15) is 9.97 Å². The van der Waals surface area contributed by atoms with Crippen LogP contribution in [0.25, 0.3) is 0 Å². The Kier molecular flexibility index (Phi) is 4.26. The van der Waals surface area contributed by atoms with Gasteiger partial charge in [-0.05, 0) is 12.3 Å². The van der Waals surface area contributed by atoms with Gasteiger partial charge in [-0.1, -0.05) is 13.3 Å². The molecule has 110 valence electrons. The largest absolute Gasteiger partial charge is 0.481 e. The van der Waals surface area contributed by atoms with Gasteiger partial charge < -0.3 is 20.5 Å². The molecule has 0 unspecified atom stereocenters. The normalized spacial score (nSPS) is 22.0. The molecular weight excluding hydrogens is 260 g/mol. The maximum absolute atomic E-state index is 11.3. The van der Waals surface area contributed by atoms with Crippen molar-refractivity contribution in [2.45, 2.75) is 19.8 Å². The molecule has 2 atom stereocenters. The van der Waals surface area contributed by atoms with E-state index < -0.39 is 5.97 Å². The summed E-state index contributed by atoms with van der Waals surface area (Å²) in [5, 5.41) is 9.32. The zero-order valence-corrected chi connectivity index (χ0v) is 11.7. The summed E-state index contributed by atoms with van der Waals surface area (Å²) < 4.78 is 5.07. The van der Waals surface area contributed by atoms with Crippen LogP contribution >= 0.6 is 0 Å². The number of carboxylic acids is 1. The molecule has 7 heteroatoms. The highest BCUT2D eigenvalue weighted by Crippen LogP contribution is 2.31. The third kappa shape index (κ3) is 2.92. The van der Waals surface area contributed by atoms with Crippen LogP contribution in [-0.4, -0.2) is 41.2 Å². The Morgan fingerprint density at radius 3 is 2.90 bits per heavy atom. The second kappa shape index (κ2) is 5.94. The summed E-state index contributed by atoms with van der Waals surface area (Å²) >= 11 is 0. The van der Waals surface area contributed by atoms with E-state index >= 15 is 0 Å². The third-order valence-corrected chi connectivity index (χ3v) is 3.66. The fourth-order valence-electron chi connectivity index (χ4n) is 2.70. The molecule has 1 fully saturated rings. The Labute approximate surface area is 117 Å². The number of nitrogen functional groups attached to an aromatic ring is 1. The standard InChI is InChI=1S/C13H20N4O3/c1-3-4-8-6-17(7-9(8)12(18)19)10-5-11(20-2)16-13(14)15-10/h5,8-9H,3-4,6-7H2,1-2H3,(H,18,19)(H2,14,15,16)/t8-,9-/m1/s1. The van der Waals surface area contributed by atoms with Gasteiger partial charge >= 0.3 is 5.97 Å². The van der Waals surface area contributed by atoms with E-state index in [0.29, 0.717) is 24.8 Å². The van der Waals surface area contributed by atoms with E-state index in [-0.39, 0.29) is 17.8 Å². The number of methoxy groups -OCH3 is 1. The molecule has 0 aliphatic carbocycles. The van der Waals surface area contributed by atoms with Crippen LogP contribution in [-0.2, 0) is 4.79 Å². The van der Waals surface area contributed by atoms with Crippen molar-refractivity contribution in [2.75, 3.05) is 30.8 Å². The van der Waals surface area contributed by atoms with Gasteiger partial charge in [0.1, 0.15) is 5.82 Å². The first-order valence-corrected chi connectivity index (χ1v) is 6.71. The monoisotopic (exact) mass is 280 g/mol. The summed E-state index contributed by atoms with van der Waals surface area (Å²) in [6.45, 7) is 3.18. The Hall–Kier alpha value is -2.05. The maximum Gasteiger partial charge on any atom is 0.308 e. The van der Waals surface area contributed by atoms with Crippen molar-refractivity contribution in [2.24, 2.45) is 11.8 Å². The number of aromatic nitrogens is 2. The molecule has 2 heterocycles. The van der Waals surface area contributed by atoms with E-state index in [9.17, 15) is 9.90 Å². The quantitative estimate of drug-likeness (QED) is 0.829. The van der Waals surface area contributed by atoms with Crippen LogP contribution in [0.5, 0.6) is 5.88 Å². The van der Waals surface area contributed by atoms with Crippen LogP contribution in [0.3, 0.4) is 0 Å². The zero-order chi connectivity index (χ0) is 14.7. The molecule has 1 aliphatic rings. The van der Waals surface area contributed by atoms with Crippen LogP contribution in [0.1, 0.15) is 19.8 Å². The van der Waals surface area contributed by atoms with Crippen molar-refractivity contribution in [3.63, 3.8) is 0 Å². The van der Waals surface area contributed by atoms with Crippen molar-refractivity contribution in [3.8, 4) is 5.88 Å². The van der Waals surface area contributed by atoms with Crippen LogP contribution in [0.2, 0.25) is 0 Å². The molecule has 0 aromatic carbocycles. The number of rotatable bonds is 5. The molecule has 1 saturated heterocycles. The molecule has 0 amide bonds. The SMILES string of the molecule is CCC[C@@H]1CN(c2cc(OC)nc(N)n2)C[C@H]1C(=O)O. The number of aliphatic carboxylic acids is 1. The minimum absolute atomic E-state index is 0.130. The average Bonchev–Trinajstić information content (AvgIpc) is 2.82. The number of nitrogens with zero attached hydrogens (tertiary/aromatic N) is 3. The minimum atomic E-state index is -0.750. The first kappa shape index (κ1) is 14.4. The average molecular weight is 280 g/mol. The summed E-state index contributed by atoms with van der Waals surface area (Å²) in [6.07, 6.45) is 1.86. The highest BCUT2D eigenvalue weighted by Gasteiger charge is 2.37. The number of anilines is 2. The molecule has 0 spiro atoms. The molecule has 1 aliphatic heterocycles. The highest BCUT2D eigenvalue weighted by molar-refractivity contribution is 5.72. The van der Waals surface area contributed by atoms with Crippen molar-refractivity contribution < 1.29 is 14.6 Å². The molecule has 3 N–H and O–H groups in total. The number of hydrogen-bond acceptors (Lipinski definition) is 6. The first-order chi connectivity index (χ1) is 9.55. The zero-order valence-electron chi connectivity index (χ0n) is 11.7. The molecule has 1 aromatic heterocycles. The Morgan fingerprint density at radius 2 is 2.30 bits per heavy atom. The molecule has 0 saturated carbocycles. The van der Waals surface area contributed by atoms with E-state index in [0.717, 1.165) is 12.8 Å². The van der Waals surface area contributed by atoms with Gasteiger partial charge in [0, 0.05) is 19.2 Å². The third-order valence-electron chi connectivity index (χ3n) is 3.66. The lowest BCUT2D eigenvalue weighted by atomic mass is 9.92. The molecule has 1 aromatic rings. The number of ether oxygens (including phenoxy) is 1. The lowest BCUT2D eigenvalue weighted by Gasteiger charge is -2.17. The fraction of sp³-hybridized carbons (Fsp3) is 0.615. The van der Waals surface area contributed by atoms with E-state index in [1.165, 1.54) is 7.11 Å². The molecule has 0 bridgehead atoms. The summed E-state index contributed by atoms with van der Waals surface area (Å²) in [7, 11) is 1.51. The second-order valence-corrected chi connectivity index (χ2v) is 5.03. The first-order valence-electron chi connectivity index (χ1n) is 6.71. The Bertz CT molecular complexity index is 495. The topological polar surface area (TPSA) is 102 Å². The van der Waals surface area contributed by atoms with Crippen LogP contribution in [0.15, 0.2) is 6.07 Å². The lowest BCUT2D eigenvalue weighted by molar-refractivity contribution is -0.142. The van der Waals surface area contributed by atoms with Crippen molar-refractivity contribution >= 4 is 17.7 Å².